The first-order chi connectivity index (χ1) is 8.72. The third kappa shape index (κ3) is 6.61. The first kappa shape index (κ1) is 15.0. The Morgan fingerprint density at radius 2 is 2.22 bits per heavy atom. The van der Waals surface area contributed by atoms with E-state index in [1.54, 1.807) is 23.9 Å². The maximum atomic E-state index is 12.9. The highest BCUT2D eigenvalue weighted by molar-refractivity contribution is 7.99. The second-order valence-corrected chi connectivity index (χ2v) is 5.07. The number of hydrogen-bond donors (Lipinski definition) is 2. The molecule has 3 nitrogen and oxygen atoms in total. The highest BCUT2D eigenvalue weighted by Crippen LogP contribution is 2.04. The summed E-state index contributed by atoms with van der Waals surface area (Å²) < 4.78 is 12.9. The largest absolute Gasteiger partial charge is 0.396 e. The van der Waals surface area contributed by atoms with E-state index < -0.39 is 0 Å². The molecular weight excluding hydrogens is 253 g/mol. The van der Waals surface area contributed by atoms with Crippen LogP contribution in [0, 0.1) is 5.82 Å². The van der Waals surface area contributed by atoms with Gasteiger partial charge in [-0.2, -0.15) is 11.8 Å². The number of hydrogen-bond acceptors (Lipinski definition) is 3. The van der Waals surface area contributed by atoms with Gasteiger partial charge in [0.25, 0.3) is 0 Å². The van der Waals surface area contributed by atoms with Crippen LogP contribution in [0.1, 0.15) is 12.0 Å². The molecule has 0 aliphatic rings. The van der Waals surface area contributed by atoms with Crippen molar-refractivity contribution in [3.05, 3.63) is 35.6 Å². The summed E-state index contributed by atoms with van der Waals surface area (Å²) in [4.78, 5) is 11.5. The zero-order chi connectivity index (χ0) is 13.2. The van der Waals surface area contributed by atoms with E-state index in [2.05, 4.69) is 5.32 Å². The van der Waals surface area contributed by atoms with Crippen LogP contribution in [0.2, 0.25) is 0 Å². The van der Waals surface area contributed by atoms with Gasteiger partial charge in [0.15, 0.2) is 0 Å². The van der Waals surface area contributed by atoms with Crippen molar-refractivity contribution in [2.75, 3.05) is 24.7 Å². The van der Waals surface area contributed by atoms with Gasteiger partial charge in [-0.3, -0.25) is 4.79 Å². The maximum Gasteiger partial charge on any atom is 0.224 e. The summed E-state index contributed by atoms with van der Waals surface area (Å²) in [5, 5.41) is 11.4. The van der Waals surface area contributed by atoms with Gasteiger partial charge in [0.05, 0.1) is 6.42 Å². The summed E-state index contributed by atoms with van der Waals surface area (Å²) >= 11 is 1.69. The number of halogens is 1. The molecule has 0 radical (unpaired) electrons. The van der Waals surface area contributed by atoms with Gasteiger partial charge in [-0.15, -0.1) is 0 Å². The minimum absolute atomic E-state index is 0.0941. The zero-order valence-electron chi connectivity index (χ0n) is 10.2. The zero-order valence-corrected chi connectivity index (χ0v) is 11.0. The molecule has 0 unspecified atom stereocenters. The minimum Gasteiger partial charge on any atom is -0.396 e. The van der Waals surface area contributed by atoms with Crippen LogP contribution in [0.5, 0.6) is 0 Å². The highest BCUT2D eigenvalue weighted by atomic mass is 32.2. The Morgan fingerprint density at radius 1 is 1.39 bits per heavy atom. The molecule has 18 heavy (non-hydrogen) atoms. The lowest BCUT2D eigenvalue weighted by Crippen LogP contribution is -2.27. The van der Waals surface area contributed by atoms with Gasteiger partial charge in [-0.25, -0.2) is 4.39 Å². The number of thioether (sulfide) groups is 1. The van der Waals surface area contributed by atoms with Crippen LogP contribution in [-0.4, -0.2) is 35.7 Å². The predicted molar refractivity (Wildman–Crippen MR) is 72.1 cm³/mol. The Morgan fingerprint density at radius 3 is 2.94 bits per heavy atom. The van der Waals surface area contributed by atoms with Crippen LogP contribution in [0.15, 0.2) is 24.3 Å². The molecule has 0 bridgehead atoms. The van der Waals surface area contributed by atoms with Gasteiger partial charge >= 0.3 is 0 Å². The van der Waals surface area contributed by atoms with Crippen molar-refractivity contribution in [1.82, 2.24) is 5.32 Å². The minimum atomic E-state index is -0.320. The normalized spacial score (nSPS) is 10.3. The number of aliphatic hydroxyl groups excluding tert-OH is 1. The van der Waals surface area contributed by atoms with E-state index in [4.69, 9.17) is 5.11 Å². The van der Waals surface area contributed by atoms with Crippen molar-refractivity contribution in [3.8, 4) is 0 Å². The van der Waals surface area contributed by atoms with E-state index in [0.717, 1.165) is 17.9 Å². The number of benzene rings is 1. The van der Waals surface area contributed by atoms with Crippen molar-refractivity contribution < 1.29 is 14.3 Å². The fourth-order valence-corrected chi connectivity index (χ4v) is 2.21. The van der Waals surface area contributed by atoms with Crippen molar-refractivity contribution >= 4 is 17.7 Å². The third-order valence-corrected chi connectivity index (χ3v) is 3.34. The standard InChI is InChI=1S/C13H18FNO2S/c14-12-4-1-3-11(9-12)10-13(17)15-5-8-18-7-2-6-16/h1,3-4,9,16H,2,5-8,10H2,(H,15,17). The predicted octanol–water partition coefficient (Wildman–Crippen LogP) is 1.60. The molecule has 0 heterocycles. The molecule has 0 spiro atoms. The van der Waals surface area contributed by atoms with E-state index in [1.165, 1.54) is 12.1 Å². The number of aliphatic hydroxyl groups is 1. The molecule has 1 rings (SSSR count). The summed E-state index contributed by atoms with van der Waals surface area (Å²) in [6, 6.07) is 6.07. The quantitative estimate of drug-likeness (QED) is 0.706. The molecule has 1 aromatic rings. The Kier molecular flexibility index (Phi) is 7.44. The number of rotatable bonds is 8. The fraction of sp³-hybridized carbons (Fsp3) is 0.462. The molecule has 0 saturated heterocycles. The van der Waals surface area contributed by atoms with Crippen LogP contribution in [-0.2, 0) is 11.2 Å². The lowest BCUT2D eigenvalue weighted by molar-refractivity contribution is -0.120. The Bertz CT molecular complexity index is 374. The van der Waals surface area contributed by atoms with E-state index in [9.17, 15) is 9.18 Å². The SMILES string of the molecule is O=C(Cc1cccc(F)c1)NCCSCCCO. The molecule has 100 valence electrons. The first-order valence-electron chi connectivity index (χ1n) is 5.92. The van der Waals surface area contributed by atoms with Gasteiger partial charge < -0.3 is 10.4 Å². The molecule has 0 aliphatic heterocycles. The molecule has 1 aromatic carbocycles. The average molecular weight is 271 g/mol. The van der Waals surface area contributed by atoms with E-state index in [-0.39, 0.29) is 24.8 Å². The Hall–Kier alpha value is -1.07. The van der Waals surface area contributed by atoms with E-state index in [1.807, 2.05) is 0 Å². The molecular formula is C13H18FNO2S. The van der Waals surface area contributed by atoms with Crippen LogP contribution in [0.3, 0.4) is 0 Å². The first-order valence-corrected chi connectivity index (χ1v) is 7.07. The number of amides is 1. The van der Waals surface area contributed by atoms with Crippen molar-refractivity contribution in [3.63, 3.8) is 0 Å². The van der Waals surface area contributed by atoms with E-state index in [0.29, 0.717) is 12.1 Å². The molecule has 1 amide bonds. The van der Waals surface area contributed by atoms with Gasteiger partial charge in [0.1, 0.15) is 5.82 Å². The molecule has 0 aliphatic carbocycles. The van der Waals surface area contributed by atoms with Gasteiger partial charge in [0, 0.05) is 18.9 Å². The summed E-state index contributed by atoms with van der Waals surface area (Å²) in [7, 11) is 0. The summed E-state index contributed by atoms with van der Waals surface area (Å²) in [5.41, 5.74) is 0.681. The monoisotopic (exact) mass is 271 g/mol. The molecule has 5 heteroatoms. The van der Waals surface area contributed by atoms with Crippen molar-refractivity contribution in [1.29, 1.82) is 0 Å². The highest BCUT2D eigenvalue weighted by Gasteiger charge is 2.03. The lowest BCUT2D eigenvalue weighted by Gasteiger charge is -2.05. The summed E-state index contributed by atoms with van der Waals surface area (Å²) in [6.07, 6.45) is 0.987. The van der Waals surface area contributed by atoms with Crippen LogP contribution < -0.4 is 5.32 Å². The van der Waals surface area contributed by atoms with Crippen LogP contribution >= 0.6 is 11.8 Å². The second kappa shape index (κ2) is 8.94. The van der Waals surface area contributed by atoms with Gasteiger partial charge in [-0.05, 0) is 29.9 Å². The van der Waals surface area contributed by atoms with Gasteiger partial charge in [0.2, 0.25) is 5.91 Å². The van der Waals surface area contributed by atoms with E-state index >= 15 is 0 Å². The number of nitrogens with one attached hydrogen (secondary N) is 1. The second-order valence-electron chi connectivity index (χ2n) is 3.85. The molecule has 2 N–H and O–H groups in total. The molecule has 0 atom stereocenters. The fourth-order valence-electron chi connectivity index (χ4n) is 1.43. The Labute approximate surface area is 111 Å². The molecule has 0 saturated carbocycles. The lowest BCUT2D eigenvalue weighted by atomic mass is 10.1. The van der Waals surface area contributed by atoms with Crippen molar-refractivity contribution in [2.24, 2.45) is 0 Å². The van der Waals surface area contributed by atoms with Crippen LogP contribution in [0.4, 0.5) is 4.39 Å². The number of carbonyl (C=O) groups is 1. The van der Waals surface area contributed by atoms with Crippen LogP contribution in [0.25, 0.3) is 0 Å². The molecule has 0 aromatic heterocycles. The topological polar surface area (TPSA) is 49.3 Å². The smallest absolute Gasteiger partial charge is 0.224 e. The average Bonchev–Trinajstić information content (AvgIpc) is 2.33. The number of carbonyl (C=O) groups excluding carboxylic acids is 1. The molecule has 0 fully saturated rings. The third-order valence-electron chi connectivity index (χ3n) is 2.27. The summed E-state index contributed by atoms with van der Waals surface area (Å²) in [5.74, 6) is 1.31. The van der Waals surface area contributed by atoms with Crippen molar-refractivity contribution in [2.45, 2.75) is 12.8 Å². The summed E-state index contributed by atoms with van der Waals surface area (Å²) in [6.45, 7) is 0.809. The Balaban J connectivity index is 2.14. The maximum absolute atomic E-state index is 12.9. The van der Waals surface area contributed by atoms with Gasteiger partial charge in [-0.1, -0.05) is 12.1 Å².